The maximum atomic E-state index is 12.6. The van der Waals surface area contributed by atoms with Gasteiger partial charge in [-0.25, -0.2) is 4.79 Å². The molecule has 6 nitrogen and oxygen atoms in total. The Hall–Kier alpha value is -3.94. The number of carbonyl (C=O) groups excluding carboxylic acids is 2. The average molecular weight is 441 g/mol. The van der Waals surface area contributed by atoms with Gasteiger partial charge in [-0.15, -0.1) is 0 Å². The molecule has 1 amide bonds. The first-order chi connectivity index (χ1) is 15.4. The van der Waals surface area contributed by atoms with Gasteiger partial charge in [-0.3, -0.25) is 4.79 Å². The zero-order chi connectivity index (χ0) is 23.1. The number of ether oxygens (including phenoxy) is 2. The Morgan fingerprint density at radius 2 is 1.69 bits per heavy atom. The van der Waals surface area contributed by atoms with Gasteiger partial charge in [-0.1, -0.05) is 42.5 Å². The second-order valence-corrected chi connectivity index (χ2v) is 6.74. The van der Waals surface area contributed by atoms with E-state index >= 15 is 0 Å². The van der Waals surface area contributed by atoms with Crippen molar-refractivity contribution in [2.45, 2.75) is 19.6 Å². The summed E-state index contributed by atoms with van der Waals surface area (Å²) in [7, 11) is 1.27. The number of carbonyl (C=O) groups is 2. The van der Waals surface area contributed by atoms with Gasteiger partial charge in [0.15, 0.2) is 0 Å². The fraction of sp³-hybridized carbons (Fsp3) is 0.167. The number of aryl methyl sites for hydroxylation is 1. The number of hydrogen-bond donors (Lipinski definition) is 1. The molecule has 3 aromatic rings. The van der Waals surface area contributed by atoms with Crippen molar-refractivity contribution in [2.75, 3.05) is 7.11 Å². The quantitative estimate of drug-likeness (QED) is 0.398. The van der Waals surface area contributed by atoms with E-state index in [0.717, 1.165) is 5.56 Å². The Morgan fingerprint density at radius 3 is 2.31 bits per heavy atom. The molecule has 1 N–H and O–H groups in total. The first kappa shape index (κ1) is 22.7. The number of hydrogen-bond acceptors (Lipinski definition) is 5. The van der Waals surface area contributed by atoms with E-state index < -0.39 is 24.5 Å². The van der Waals surface area contributed by atoms with Crippen LogP contribution >= 0.6 is 0 Å². The summed E-state index contributed by atoms with van der Waals surface area (Å²) in [4.78, 5) is 24.3. The molecule has 0 aliphatic heterocycles. The molecule has 0 saturated heterocycles. The van der Waals surface area contributed by atoms with Crippen LogP contribution in [0, 0.1) is 6.92 Å². The largest absolute Gasteiger partial charge is 0.465 e. The molecule has 3 rings (SSSR count). The summed E-state index contributed by atoms with van der Waals surface area (Å²) in [6.45, 7) is -1.29. The SMILES string of the molecule is COC(=O)c1cc(/C=C/C(=O)NC(c2ccccc2)c2ccc(OC(F)F)cc2)oc1C. The van der Waals surface area contributed by atoms with Crippen molar-refractivity contribution >= 4 is 18.0 Å². The third-order valence-corrected chi connectivity index (χ3v) is 4.60. The van der Waals surface area contributed by atoms with Gasteiger partial charge in [-0.05, 0) is 42.3 Å². The van der Waals surface area contributed by atoms with Crippen LogP contribution in [-0.4, -0.2) is 25.6 Å². The third kappa shape index (κ3) is 5.81. The lowest BCUT2D eigenvalue weighted by Crippen LogP contribution is -2.27. The first-order valence-electron chi connectivity index (χ1n) is 9.64. The summed E-state index contributed by atoms with van der Waals surface area (Å²) >= 11 is 0. The van der Waals surface area contributed by atoms with Crippen LogP contribution in [0.3, 0.4) is 0 Å². The van der Waals surface area contributed by atoms with Gasteiger partial charge >= 0.3 is 12.6 Å². The maximum absolute atomic E-state index is 12.6. The van der Waals surface area contributed by atoms with Crippen LogP contribution in [0.1, 0.15) is 39.0 Å². The fourth-order valence-electron chi connectivity index (χ4n) is 3.09. The molecule has 0 spiro atoms. The number of halogens is 2. The fourth-order valence-corrected chi connectivity index (χ4v) is 3.09. The summed E-state index contributed by atoms with van der Waals surface area (Å²) in [5.74, 6) is -0.219. The number of amides is 1. The normalized spacial score (nSPS) is 12.0. The molecule has 32 heavy (non-hydrogen) atoms. The Kier molecular flexibility index (Phi) is 7.38. The van der Waals surface area contributed by atoms with E-state index in [1.54, 1.807) is 19.1 Å². The zero-order valence-corrected chi connectivity index (χ0v) is 17.4. The zero-order valence-electron chi connectivity index (χ0n) is 17.4. The van der Waals surface area contributed by atoms with Gasteiger partial charge < -0.3 is 19.2 Å². The minimum atomic E-state index is -2.92. The predicted octanol–water partition coefficient (Wildman–Crippen LogP) is 4.90. The Balaban J connectivity index is 1.79. The molecule has 0 aliphatic carbocycles. The molecule has 8 heteroatoms. The first-order valence-corrected chi connectivity index (χ1v) is 9.64. The lowest BCUT2D eigenvalue weighted by Gasteiger charge is -2.19. The smallest absolute Gasteiger partial charge is 0.387 e. The third-order valence-electron chi connectivity index (χ3n) is 4.60. The number of benzene rings is 2. The number of esters is 1. The van der Waals surface area contributed by atoms with Gasteiger partial charge in [-0.2, -0.15) is 8.78 Å². The molecular formula is C24H21F2NO5. The molecule has 166 valence electrons. The van der Waals surface area contributed by atoms with Gasteiger partial charge in [0.05, 0.1) is 13.2 Å². The van der Waals surface area contributed by atoms with Gasteiger partial charge in [0.1, 0.15) is 22.8 Å². The highest BCUT2D eigenvalue weighted by Gasteiger charge is 2.17. The van der Waals surface area contributed by atoms with E-state index in [-0.39, 0.29) is 11.3 Å². The van der Waals surface area contributed by atoms with Crippen LogP contribution in [0.2, 0.25) is 0 Å². The lowest BCUT2D eigenvalue weighted by molar-refractivity contribution is -0.116. The van der Waals surface area contributed by atoms with Crippen LogP contribution in [0.15, 0.2) is 71.2 Å². The van der Waals surface area contributed by atoms with E-state index in [2.05, 4.69) is 14.8 Å². The molecule has 1 aromatic heterocycles. The van der Waals surface area contributed by atoms with Gasteiger partial charge in [0, 0.05) is 6.08 Å². The minimum Gasteiger partial charge on any atom is -0.465 e. The monoisotopic (exact) mass is 441 g/mol. The van der Waals surface area contributed by atoms with Crippen LogP contribution in [0.4, 0.5) is 8.78 Å². The number of alkyl halides is 2. The molecule has 1 unspecified atom stereocenters. The molecule has 2 aromatic carbocycles. The number of nitrogens with one attached hydrogen (secondary N) is 1. The van der Waals surface area contributed by atoms with Crippen molar-refractivity contribution in [3.05, 3.63) is 95.0 Å². The highest BCUT2D eigenvalue weighted by molar-refractivity contribution is 5.93. The van der Waals surface area contributed by atoms with E-state index in [9.17, 15) is 18.4 Å². The number of furan rings is 1. The average Bonchev–Trinajstić information content (AvgIpc) is 3.17. The number of methoxy groups -OCH3 is 1. The van der Waals surface area contributed by atoms with E-state index in [1.807, 2.05) is 30.3 Å². The van der Waals surface area contributed by atoms with Crippen molar-refractivity contribution in [3.8, 4) is 5.75 Å². The van der Waals surface area contributed by atoms with E-state index in [0.29, 0.717) is 17.1 Å². The predicted molar refractivity (Wildman–Crippen MR) is 113 cm³/mol. The van der Waals surface area contributed by atoms with Crippen molar-refractivity contribution in [1.82, 2.24) is 5.32 Å². The minimum absolute atomic E-state index is 0.0244. The standard InChI is InChI=1S/C24H21F2NO5/c1-15-20(23(29)30-2)14-19(31-15)12-13-21(28)27-22(16-6-4-3-5-7-16)17-8-10-18(11-9-17)32-24(25)26/h3-14,22,24H,1-2H3,(H,27,28)/b13-12+. The van der Waals surface area contributed by atoms with E-state index in [4.69, 9.17) is 4.42 Å². The lowest BCUT2D eigenvalue weighted by atomic mass is 9.98. The molecule has 1 heterocycles. The second-order valence-electron chi connectivity index (χ2n) is 6.74. The topological polar surface area (TPSA) is 77.8 Å². The molecule has 1 atom stereocenters. The highest BCUT2D eigenvalue weighted by atomic mass is 19.3. The maximum Gasteiger partial charge on any atom is 0.387 e. The van der Waals surface area contributed by atoms with Gasteiger partial charge in [0.2, 0.25) is 5.91 Å². The summed E-state index contributed by atoms with van der Waals surface area (Å²) in [6.07, 6.45) is 2.72. The summed E-state index contributed by atoms with van der Waals surface area (Å²) in [5.41, 5.74) is 1.76. The summed E-state index contributed by atoms with van der Waals surface area (Å²) in [6, 6.07) is 16.2. The highest BCUT2D eigenvalue weighted by Crippen LogP contribution is 2.25. The summed E-state index contributed by atoms with van der Waals surface area (Å²) in [5, 5.41) is 2.89. The molecule has 0 saturated carbocycles. The van der Waals surface area contributed by atoms with Crippen LogP contribution in [0.25, 0.3) is 6.08 Å². The molecule has 0 fully saturated rings. The molecule has 0 radical (unpaired) electrons. The molecule has 0 bridgehead atoms. The van der Waals surface area contributed by atoms with Crippen molar-refractivity contribution in [1.29, 1.82) is 0 Å². The van der Waals surface area contributed by atoms with Crippen LogP contribution < -0.4 is 10.1 Å². The number of rotatable bonds is 8. The van der Waals surface area contributed by atoms with Crippen LogP contribution in [0.5, 0.6) is 5.75 Å². The van der Waals surface area contributed by atoms with Crippen LogP contribution in [-0.2, 0) is 9.53 Å². The second kappa shape index (κ2) is 10.4. The summed E-state index contributed by atoms with van der Waals surface area (Å²) < 4.78 is 39.4. The van der Waals surface area contributed by atoms with Crippen molar-refractivity contribution in [3.63, 3.8) is 0 Å². The Bertz CT molecular complexity index is 1090. The van der Waals surface area contributed by atoms with Gasteiger partial charge in [0.25, 0.3) is 0 Å². The van der Waals surface area contributed by atoms with E-state index in [1.165, 1.54) is 37.5 Å². The Morgan fingerprint density at radius 1 is 1.03 bits per heavy atom. The van der Waals surface area contributed by atoms with Crippen molar-refractivity contribution in [2.24, 2.45) is 0 Å². The molecular weight excluding hydrogens is 420 g/mol. The van der Waals surface area contributed by atoms with Crippen molar-refractivity contribution < 1.29 is 32.3 Å². The molecule has 0 aliphatic rings. The Labute approximate surface area is 183 Å².